The summed E-state index contributed by atoms with van der Waals surface area (Å²) in [5, 5.41) is 0. The number of benzene rings is 1. The van der Waals surface area contributed by atoms with E-state index in [1.54, 1.807) is 17.0 Å². The van der Waals surface area contributed by atoms with Crippen LogP contribution in [0.3, 0.4) is 0 Å². The Hall–Kier alpha value is -1.64. The van der Waals surface area contributed by atoms with Crippen molar-refractivity contribution in [2.75, 3.05) is 47.4 Å². The van der Waals surface area contributed by atoms with E-state index in [4.69, 9.17) is 4.74 Å². The molecule has 0 fully saturated rings. The molecule has 0 heterocycles. The van der Waals surface area contributed by atoms with E-state index in [2.05, 4.69) is 4.72 Å². The molecule has 1 rings (SSSR count). The quantitative estimate of drug-likeness (QED) is 0.669. The number of carbonyl (C=O) groups is 1. The van der Waals surface area contributed by atoms with Gasteiger partial charge in [-0.05, 0) is 51.3 Å². The topological polar surface area (TPSA) is 79.0 Å². The molecule has 1 N–H and O–H groups in total. The molecule has 0 radical (unpaired) electrons. The molecule has 0 bridgehead atoms. The van der Waals surface area contributed by atoms with Crippen molar-refractivity contribution in [3.05, 3.63) is 24.3 Å². The fourth-order valence-corrected chi connectivity index (χ4v) is 3.18. The van der Waals surface area contributed by atoms with Crippen LogP contribution in [0.2, 0.25) is 0 Å². The first kappa shape index (κ1) is 20.4. The Labute approximate surface area is 144 Å². The minimum absolute atomic E-state index is 0.0580. The molecule has 8 heteroatoms. The van der Waals surface area contributed by atoms with Crippen LogP contribution in [0.15, 0.2) is 29.2 Å². The maximum Gasteiger partial charge on any atom is 0.240 e. The number of nitrogens with zero attached hydrogens (tertiary/aromatic N) is 2. The summed E-state index contributed by atoms with van der Waals surface area (Å²) in [6, 6.07) is 6.16. The van der Waals surface area contributed by atoms with E-state index in [1.165, 1.54) is 26.2 Å². The first-order valence-electron chi connectivity index (χ1n) is 7.80. The molecular weight excluding hydrogens is 330 g/mol. The van der Waals surface area contributed by atoms with Crippen LogP contribution >= 0.6 is 0 Å². The lowest BCUT2D eigenvalue weighted by molar-refractivity contribution is -0.128. The zero-order valence-electron chi connectivity index (χ0n) is 14.8. The molecule has 7 nitrogen and oxygen atoms in total. The number of rotatable bonds is 10. The second kappa shape index (κ2) is 9.61. The van der Waals surface area contributed by atoms with Crippen LogP contribution in [0.4, 0.5) is 0 Å². The van der Waals surface area contributed by atoms with E-state index < -0.39 is 10.0 Å². The molecule has 0 aromatic heterocycles. The number of methoxy groups -OCH3 is 1. The number of carbonyl (C=O) groups excluding carboxylic acids is 1. The van der Waals surface area contributed by atoms with E-state index in [-0.39, 0.29) is 17.3 Å². The van der Waals surface area contributed by atoms with Gasteiger partial charge in [-0.2, -0.15) is 0 Å². The van der Waals surface area contributed by atoms with Gasteiger partial charge in [0.15, 0.2) is 0 Å². The van der Waals surface area contributed by atoms with Crippen molar-refractivity contribution < 1.29 is 17.9 Å². The lowest BCUT2D eigenvalue weighted by Crippen LogP contribution is -2.38. The van der Waals surface area contributed by atoms with Crippen LogP contribution < -0.4 is 9.46 Å². The molecule has 1 aromatic carbocycles. The minimum atomic E-state index is -3.59. The van der Waals surface area contributed by atoms with E-state index >= 15 is 0 Å². The highest BCUT2D eigenvalue weighted by atomic mass is 32.2. The summed E-state index contributed by atoms with van der Waals surface area (Å²) >= 11 is 0. The van der Waals surface area contributed by atoms with Gasteiger partial charge in [-0.1, -0.05) is 0 Å². The second-order valence-corrected chi connectivity index (χ2v) is 7.50. The number of ether oxygens (including phenoxy) is 1. The van der Waals surface area contributed by atoms with Gasteiger partial charge < -0.3 is 14.5 Å². The highest BCUT2D eigenvalue weighted by Gasteiger charge is 2.15. The molecule has 0 aliphatic carbocycles. The summed E-state index contributed by atoms with van der Waals surface area (Å²) in [6.45, 7) is 3.50. The Morgan fingerprint density at radius 3 is 2.25 bits per heavy atom. The van der Waals surface area contributed by atoms with Gasteiger partial charge in [0.25, 0.3) is 0 Å². The SMILES string of the molecule is COc1ccc(S(=O)(=O)NCCN(CCCN(C)C)C(C)=O)cc1. The van der Waals surface area contributed by atoms with Crippen LogP contribution in [0.25, 0.3) is 0 Å². The average molecular weight is 357 g/mol. The van der Waals surface area contributed by atoms with Crippen molar-refractivity contribution in [2.45, 2.75) is 18.2 Å². The minimum Gasteiger partial charge on any atom is -0.497 e. The van der Waals surface area contributed by atoms with Gasteiger partial charge in [0.05, 0.1) is 12.0 Å². The number of sulfonamides is 1. The lowest BCUT2D eigenvalue weighted by Gasteiger charge is -2.22. The maximum atomic E-state index is 12.2. The van der Waals surface area contributed by atoms with E-state index in [0.29, 0.717) is 18.8 Å². The first-order chi connectivity index (χ1) is 11.3. The second-order valence-electron chi connectivity index (χ2n) is 5.74. The maximum absolute atomic E-state index is 12.2. The molecular formula is C16H27N3O4S. The van der Waals surface area contributed by atoms with E-state index in [9.17, 15) is 13.2 Å². The molecule has 0 spiro atoms. The molecule has 1 aromatic rings. The summed E-state index contributed by atoms with van der Waals surface area (Å²) < 4.78 is 32.0. The number of hydrogen-bond donors (Lipinski definition) is 1. The van der Waals surface area contributed by atoms with E-state index in [1.807, 2.05) is 19.0 Å². The summed E-state index contributed by atoms with van der Waals surface area (Å²) in [6.07, 6.45) is 0.845. The van der Waals surface area contributed by atoms with Crippen LogP contribution in [0.1, 0.15) is 13.3 Å². The molecule has 0 saturated carbocycles. The zero-order valence-corrected chi connectivity index (χ0v) is 15.6. The van der Waals surface area contributed by atoms with Crippen LogP contribution in [-0.4, -0.2) is 71.5 Å². The number of amides is 1. The summed E-state index contributed by atoms with van der Waals surface area (Å²) in [7, 11) is 1.88. The smallest absolute Gasteiger partial charge is 0.240 e. The fourth-order valence-electron chi connectivity index (χ4n) is 2.16. The number of hydrogen-bond acceptors (Lipinski definition) is 5. The molecule has 0 unspecified atom stereocenters. The summed E-state index contributed by atoms with van der Waals surface area (Å²) in [5.74, 6) is 0.537. The Balaban J connectivity index is 2.53. The Morgan fingerprint density at radius 1 is 1.12 bits per heavy atom. The summed E-state index contributed by atoms with van der Waals surface area (Å²) in [5.41, 5.74) is 0. The van der Waals surface area contributed by atoms with Gasteiger partial charge in [-0.25, -0.2) is 13.1 Å². The van der Waals surface area contributed by atoms with Crippen molar-refractivity contribution in [1.82, 2.24) is 14.5 Å². The largest absolute Gasteiger partial charge is 0.497 e. The van der Waals surface area contributed by atoms with Gasteiger partial charge >= 0.3 is 0 Å². The lowest BCUT2D eigenvalue weighted by atomic mass is 10.3. The predicted molar refractivity (Wildman–Crippen MR) is 93.6 cm³/mol. The third-order valence-corrected chi connectivity index (χ3v) is 5.00. The molecule has 0 atom stereocenters. The Morgan fingerprint density at radius 2 is 1.75 bits per heavy atom. The van der Waals surface area contributed by atoms with E-state index in [0.717, 1.165) is 13.0 Å². The third-order valence-electron chi connectivity index (χ3n) is 3.52. The highest BCUT2D eigenvalue weighted by Crippen LogP contribution is 2.15. The fraction of sp³-hybridized carbons (Fsp3) is 0.562. The Kier molecular flexibility index (Phi) is 8.17. The van der Waals surface area contributed by atoms with Gasteiger partial charge in [0.2, 0.25) is 15.9 Å². The predicted octanol–water partition coefficient (Wildman–Crippen LogP) is 0.774. The van der Waals surface area contributed by atoms with Crippen molar-refractivity contribution in [3.63, 3.8) is 0 Å². The van der Waals surface area contributed by atoms with Crippen molar-refractivity contribution in [2.24, 2.45) is 0 Å². The van der Waals surface area contributed by atoms with Gasteiger partial charge in [0.1, 0.15) is 5.75 Å². The van der Waals surface area contributed by atoms with Crippen molar-refractivity contribution in [3.8, 4) is 5.75 Å². The molecule has 1 amide bonds. The highest BCUT2D eigenvalue weighted by molar-refractivity contribution is 7.89. The van der Waals surface area contributed by atoms with Gasteiger partial charge in [0, 0.05) is 26.6 Å². The molecule has 0 aliphatic heterocycles. The standard InChI is InChI=1S/C16H27N3O4S/c1-14(20)19(12-5-11-18(2)3)13-10-17-24(21,22)16-8-6-15(23-4)7-9-16/h6-9,17H,5,10-13H2,1-4H3. The first-order valence-corrected chi connectivity index (χ1v) is 9.28. The monoisotopic (exact) mass is 357 g/mol. The number of nitrogens with one attached hydrogen (secondary N) is 1. The molecule has 0 aliphatic rings. The van der Waals surface area contributed by atoms with Crippen molar-refractivity contribution >= 4 is 15.9 Å². The van der Waals surface area contributed by atoms with Crippen molar-refractivity contribution in [1.29, 1.82) is 0 Å². The van der Waals surface area contributed by atoms with Gasteiger partial charge in [-0.3, -0.25) is 4.79 Å². The third kappa shape index (κ3) is 6.86. The average Bonchev–Trinajstić information content (AvgIpc) is 2.53. The molecule has 0 saturated heterocycles. The Bertz CT molecular complexity index is 615. The normalized spacial score (nSPS) is 11.5. The molecule has 136 valence electrons. The van der Waals surface area contributed by atoms with Crippen LogP contribution in [-0.2, 0) is 14.8 Å². The summed E-state index contributed by atoms with van der Waals surface area (Å²) in [4.78, 5) is 15.5. The van der Waals surface area contributed by atoms with Crippen LogP contribution in [0.5, 0.6) is 5.75 Å². The van der Waals surface area contributed by atoms with Gasteiger partial charge in [-0.15, -0.1) is 0 Å². The van der Waals surface area contributed by atoms with Crippen LogP contribution in [0, 0.1) is 0 Å². The molecule has 24 heavy (non-hydrogen) atoms. The zero-order chi connectivity index (χ0) is 18.2.